The number of thiazole rings is 1. The first-order chi connectivity index (χ1) is 11.5. The number of para-hydroxylation sites is 1. The fraction of sp³-hybridized carbons (Fsp3) is 0.176. The van der Waals surface area contributed by atoms with Gasteiger partial charge in [-0.2, -0.15) is 0 Å². The molecule has 7 heteroatoms. The zero-order valence-corrected chi connectivity index (χ0v) is 13.5. The van der Waals surface area contributed by atoms with Crippen LogP contribution in [0.4, 0.5) is 10.1 Å². The van der Waals surface area contributed by atoms with Crippen molar-refractivity contribution in [2.75, 3.05) is 5.32 Å². The standard InChI is InChI=1S/C17H15FN2O3S/c1-9-8-10(18)6-7-11(9)19-16(23)14(21)15(22)17-20-12-4-2-3-5-13(12)24-17/h2-8,14-15,21-22H,1H3,(H,19,23). The molecule has 0 bridgehead atoms. The van der Waals surface area contributed by atoms with Gasteiger partial charge in [0.2, 0.25) is 0 Å². The second-order valence-electron chi connectivity index (χ2n) is 5.36. The summed E-state index contributed by atoms with van der Waals surface area (Å²) in [5.41, 5.74) is 1.58. The van der Waals surface area contributed by atoms with Gasteiger partial charge in [-0.3, -0.25) is 4.79 Å². The first-order valence-electron chi connectivity index (χ1n) is 7.24. The van der Waals surface area contributed by atoms with Crippen LogP contribution in [0.25, 0.3) is 10.2 Å². The number of carbonyl (C=O) groups is 1. The molecule has 3 N–H and O–H groups in total. The molecule has 1 heterocycles. The fourth-order valence-corrected chi connectivity index (χ4v) is 3.25. The van der Waals surface area contributed by atoms with Crippen LogP contribution in [-0.2, 0) is 4.79 Å². The fourth-order valence-electron chi connectivity index (χ4n) is 2.27. The van der Waals surface area contributed by atoms with Gasteiger partial charge in [0.05, 0.1) is 10.2 Å². The number of fused-ring (bicyclic) bond motifs is 1. The van der Waals surface area contributed by atoms with E-state index < -0.39 is 23.9 Å². The smallest absolute Gasteiger partial charge is 0.256 e. The molecule has 3 rings (SSSR count). The summed E-state index contributed by atoms with van der Waals surface area (Å²) in [5.74, 6) is -1.20. The van der Waals surface area contributed by atoms with Crippen molar-refractivity contribution in [3.8, 4) is 0 Å². The predicted octanol–water partition coefficient (Wildman–Crippen LogP) is 2.78. The summed E-state index contributed by atoms with van der Waals surface area (Å²) in [6, 6.07) is 11.2. The monoisotopic (exact) mass is 346 g/mol. The van der Waals surface area contributed by atoms with Crippen LogP contribution in [-0.4, -0.2) is 27.2 Å². The number of rotatable bonds is 4. The van der Waals surface area contributed by atoms with Crippen LogP contribution in [0, 0.1) is 12.7 Å². The average Bonchev–Trinajstić information content (AvgIpc) is 3.00. The van der Waals surface area contributed by atoms with Gasteiger partial charge >= 0.3 is 0 Å². The molecule has 2 aromatic carbocycles. The molecule has 2 atom stereocenters. The van der Waals surface area contributed by atoms with E-state index in [-0.39, 0.29) is 5.01 Å². The van der Waals surface area contributed by atoms with E-state index in [9.17, 15) is 19.4 Å². The highest BCUT2D eigenvalue weighted by atomic mass is 32.1. The Morgan fingerprint density at radius 1 is 1.25 bits per heavy atom. The number of hydrogen-bond acceptors (Lipinski definition) is 5. The minimum absolute atomic E-state index is 0.259. The Balaban J connectivity index is 1.76. The lowest BCUT2D eigenvalue weighted by atomic mass is 10.1. The molecule has 24 heavy (non-hydrogen) atoms. The maximum Gasteiger partial charge on any atom is 0.256 e. The van der Waals surface area contributed by atoms with E-state index in [1.807, 2.05) is 18.2 Å². The summed E-state index contributed by atoms with van der Waals surface area (Å²) in [6.45, 7) is 1.63. The zero-order chi connectivity index (χ0) is 17.3. The van der Waals surface area contributed by atoms with E-state index >= 15 is 0 Å². The number of aliphatic hydroxyl groups excluding tert-OH is 2. The summed E-state index contributed by atoms with van der Waals surface area (Å²) in [7, 11) is 0. The molecule has 0 saturated carbocycles. The summed E-state index contributed by atoms with van der Waals surface area (Å²) >= 11 is 1.21. The first kappa shape index (κ1) is 16.5. The van der Waals surface area contributed by atoms with E-state index in [2.05, 4.69) is 10.3 Å². The summed E-state index contributed by atoms with van der Waals surface area (Å²) in [5, 5.41) is 23.1. The highest BCUT2D eigenvalue weighted by molar-refractivity contribution is 7.18. The number of nitrogens with one attached hydrogen (secondary N) is 1. The Bertz CT molecular complexity index is 863. The van der Waals surface area contributed by atoms with E-state index in [1.165, 1.54) is 29.5 Å². The third kappa shape index (κ3) is 3.28. The van der Waals surface area contributed by atoms with Crippen molar-refractivity contribution in [3.05, 3.63) is 58.9 Å². The molecule has 0 fully saturated rings. The van der Waals surface area contributed by atoms with Gasteiger partial charge < -0.3 is 15.5 Å². The Hall–Kier alpha value is -2.35. The first-order valence-corrected chi connectivity index (χ1v) is 8.06. The highest BCUT2D eigenvalue weighted by Crippen LogP contribution is 2.28. The summed E-state index contributed by atoms with van der Waals surface area (Å²) < 4.78 is 13.9. The van der Waals surface area contributed by atoms with Crippen molar-refractivity contribution < 1.29 is 19.4 Å². The Morgan fingerprint density at radius 2 is 2.00 bits per heavy atom. The van der Waals surface area contributed by atoms with Gasteiger partial charge in [0.15, 0.2) is 6.10 Å². The Morgan fingerprint density at radius 3 is 2.71 bits per heavy atom. The number of nitrogens with zero attached hydrogens (tertiary/aromatic N) is 1. The van der Waals surface area contributed by atoms with E-state index in [1.54, 1.807) is 13.0 Å². The lowest BCUT2D eigenvalue weighted by Gasteiger charge is -2.16. The van der Waals surface area contributed by atoms with Gasteiger partial charge in [-0.25, -0.2) is 9.37 Å². The van der Waals surface area contributed by atoms with Gasteiger partial charge in [-0.15, -0.1) is 11.3 Å². The molecule has 2 unspecified atom stereocenters. The number of aliphatic hydroxyl groups is 2. The molecule has 1 amide bonds. The number of hydrogen-bond donors (Lipinski definition) is 3. The molecular formula is C17H15FN2O3S. The second-order valence-corrected chi connectivity index (χ2v) is 6.42. The molecule has 0 spiro atoms. The van der Waals surface area contributed by atoms with E-state index in [4.69, 9.17) is 0 Å². The second kappa shape index (κ2) is 6.64. The number of aromatic nitrogens is 1. The maximum absolute atomic E-state index is 13.1. The van der Waals surface area contributed by atoms with Gasteiger partial charge in [-0.05, 0) is 42.8 Å². The van der Waals surface area contributed by atoms with Crippen LogP contribution in [0.5, 0.6) is 0 Å². The van der Waals surface area contributed by atoms with E-state index in [0.29, 0.717) is 16.8 Å². The molecule has 0 aliphatic heterocycles. The van der Waals surface area contributed by atoms with E-state index in [0.717, 1.165) is 4.70 Å². The van der Waals surface area contributed by atoms with Crippen LogP contribution in [0.3, 0.4) is 0 Å². The predicted molar refractivity (Wildman–Crippen MR) is 90.4 cm³/mol. The molecule has 0 radical (unpaired) electrons. The third-order valence-corrected chi connectivity index (χ3v) is 4.68. The van der Waals surface area contributed by atoms with Crippen molar-refractivity contribution in [2.45, 2.75) is 19.1 Å². The molecule has 0 aliphatic rings. The van der Waals surface area contributed by atoms with Crippen molar-refractivity contribution in [1.82, 2.24) is 4.98 Å². The molecule has 1 aromatic heterocycles. The molecule has 0 saturated heterocycles. The number of carbonyl (C=O) groups excluding carboxylic acids is 1. The van der Waals surface area contributed by atoms with Crippen LogP contribution >= 0.6 is 11.3 Å². The molecule has 124 valence electrons. The molecule has 5 nitrogen and oxygen atoms in total. The van der Waals surface area contributed by atoms with Gasteiger partial charge in [0, 0.05) is 5.69 Å². The quantitative estimate of drug-likeness (QED) is 0.678. The van der Waals surface area contributed by atoms with Crippen molar-refractivity contribution in [3.63, 3.8) is 0 Å². The number of anilines is 1. The number of aryl methyl sites for hydroxylation is 1. The third-order valence-electron chi connectivity index (χ3n) is 3.58. The largest absolute Gasteiger partial charge is 0.383 e. The van der Waals surface area contributed by atoms with Crippen LogP contribution in [0.2, 0.25) is 0 Å². The molecular weight excluding hydrogens is 331 g/mol. The van der Waals surface area contributed by atoms with Crippen molar-refractivity contribution in [2.24, 2.45) is 0 Å². The highest BCUT2D eigenvalue weighted by Gasteiger charge is 2.28. The average molecular weight is 346 g/mol. The summed E-state index contributed by atoms with van der Waals surface area (Å²) in [4.78, 5) is 16.4. The van der Waals surface area contributed by atoms with Gasteiger partial charge in [0.1, 0.15) is 16.9 Å². The molecule has 0 aliphatic carbocycles. The minimum Gasteiger partial charge on any atom is -0.383 e. The number of benzene rings is 2. The lowest BCUT2D eigenvalue weighted by Crippen LogP contribution is -2.33. The number of halogens is 1. The zero-order valence-electron chi connectivity index (χ0n) is 12.7. The van der Waals surface area contributed by atoms with Crippen LogP contribution in [0.1, 0.15) is 16.7 Å². The Kier molecular flexibility index (Phi) is 4.57. The van der Waals surface area contributed by atoms with Crippen LogP contribution in [0.15, 0.2) is 42.5 Å². The Labute approximate surface area is 141 Å². The van der Waals surface area contributed by atoms with Gasteiger partial charge in [-0.1, -0.05) is 12.1 Å². The van der Waals surface area contributed by atoms with Gasteiger partial charge in [0.25, 0.3) is 5.91 Å². The SMILES string of the molecule is Cc1cc(F)ccc1NC(=O)C(O)C(O)c1nc2ccccc2s1. The maximum atomic E-state index is 13.1. The lowest BCUT2D eigenvalue weighted by molar-refractivity contribution is -0.129. The summed E-state index contributed by atoms with van der Waals surface area (Å²) in [6.07, 6.45) is -3.13. The normalized spacial score (nSPS) is 13.7. The van der Waals surface area contributed by atoms with Crippen molar-refractivity contribution >= 4 is 33.1 Å². The number of amides is 1. The minimum atomic E-state index is -1.69. The van der Waals surface area contributed by atoms with Crippen LogP contribution < -0.4 is 5.32 Å². The molecule has 3 aromatic rings. The topological polar surface area (TPSA) is 82.5 Å². The van der Waals surface area contributed by atoms with Crippen molar-refractivity contribution in [1.29, 1.82) is 0 Å².